The Morgan fingerprint density at radius 3 is 2.48 bits per heavy atom. The second-order valence-corrected chi connectivity index (χ2v) is 12.5. The average Bonchev–Trinajstić information content (AvgIpc) is 3.10. The molecule has 12 heteroatoms. The number of benzene rings is 3. The summed E-state index contributed by atoms with van der Waals surface area (Å²) in [7, 11) is 2.04. The molecule has 3 heterocycles. The van der Waals surface area contributed by atoms with Crippen LogP contribution in [-0.2, 0) is 13.0 Å². The molecule has 256 valence electrons. The summed E-state index contributed by atoms with van der Waals surface area (Å²) >= 11 is 0. The average molecular weight is 681 g/mol. The van der Waals surface area contributed by atoms with E-state index < -0.39 is 28.9 Å². The van der Waals surface area contributed by atoms with Crippen LogP contribution in [0.3, 0.4) is 0 Å². The lowest BCUT2D eigenvalue weighted by atomic mass is 10.0. The van der Waals surface area contributed by atoms with Crippen LogP contribution in [0.1, 0.15) is 68.9 Å². The fraction of sp³-hybridized carbons (Fsp3) is 0.263. The van der Waals surface area contributed by atoms with Crippen LogP contribution in [0.25, 0.3) is 17.0 Å². The van der Waals surface area contributed by atoms with Gasteiger partial charge in [0.05, 0.1) is 24.0 Å². The number of likely N-dealkylation sites (tertiary alicyclic amines) is 1. The van der Waals surface area contributed by atoms with Gasteiger partial charge in [-0.25, -0.2) is 28.1 Å². The Hall–Kier alpha value is -5.49. The Morgan fingerprint density at radius 1 is 0.920 bits per heavy atom. The number of carbonyl (C=O) groups is 2. The summed E-state index contributed by atoms with van der Waals surface area (Å²) in [5.74, 6) is -2.85. The Bertz CT molecular complexity index is 2140. The first kappa shape index (κ1) is 34.4. The minimum absolute atomic E-state index is 0.0229. The molecule has 0 aliphatic carbocycles. The van der Waals surface area contributed by atoms with Gasteiger partial charge in [0.2, 0.25) is 0 Å². The fourth-order valence-corrected chi connectivity index (χ4v) is 5.89. The maximum absolute atomic E-state index is 14.9. The largest absolute Gasteiger partial charge is 0.349 e. The van der Waals surface area contributed by atoms with Crippen molar-refractivity contribution in [2.45, 2.75) is 44.7 Å². The number of halogens is 3. The smallest absolute Gasteiger partial charge is 0.264 e. The second-order valence-electron chi connectivity index (χ2n) is 12.5. The van der Waals surface area contributed by atoms with E-state index >= 15 is 0 Å². The summed E-state index contributed by atoms with van der Waals surface area (Å²) in [6.45, 7) is 1.74. The number of nitrogens with zero attached hydrogens (tertiary/aromatic N) is 5. The van der Waals surface area contributed by atoms with Crippen molar-refractivity contribution in [2.24, 2.45) is 0 Å². The topological polar surface area (TPSA) is 110 Å². The van der Waals surface area contributed by atoms with Crippen LogP contribution in [0.4, 0.5) is 13.2 Å². The lowest BCUT2D eigenvalue weighted by molar-refractivity contribution is 0.0911. The van der Waals surface area contributed by atoms with Gasteiger partial charge in [0.25, 0.3) is 11.5 Å². The highest BCUT2D eigenvalue weighted by Gasteiger charge is 2.21. The maximum atomic E-state index is 14.9. The molecule has 9 nitrogen and oxygen atoms in total. The Balaban J connectivity index is 1.03. The molecule has 0 saturated carbocycles. The SMILES string of the molecule is CN1CCC(NC(=O)c2ccc(Cc3ncc4cc(/C=C/CCC(=O)c5cncn(Cc6ccc(F)c(F)c6)c5=O)ccc4n3)cc2F)CC1. The van der Waals surface area contributed by atoms with E-state index in [-0.39, 0.29) is 35.9 Å². The molecule has 1 aliphatic heterocycles. The Morgan fingerprint density at radius 2 is 1.70 bits per heavy atom. The molecule has 2 aromatic heterocycles. The molecule has 1 N–H and O–H groups in total. The van der Waals surface area contributed by atoms with E-state index in [2.05, 4.69) is 25.2 Å². The van der Waals surface area contributed by atoms with E-state index in [1.165, 1.54) is 35.3 Å². The van der Waals surface area contributed by atoms with Gasteiger partial charge >= 0.3 is 0 Å². The zero-order valence-electron chi connectivity index (χ0n) is 27.4. The molecular weight excluding hydrogens is 645 g/mol. The van der Waals surface area contributed by atoms with Crippen molar-refractivity contribution in [1.82, 2.24) is 29.7 Å². The lowest BCUT2D eigenvalue weighted by Gasteiger charge is -2.29. The first-order chi connectivity index (χ1) is 24.1. The molecule has 50 heavy (non-hydrogen) atoms. The van der Waals surface area contributed by atoms with E-state index in [1.54, 1.807) is 12.3 Å². The quantitative estimate of drug-likeness (QED) is 0.177. The monoisotopic (exact) mass is 680 g/mol. The molecule has 0 radical (unpaired) electrons. The predicted molar refractivity (Wildman–Crippen MR) is 183 cm³/mol. The fourth-order valence-electron chi connectivity index (χ4n) is 5.89. The van der Waals surface area contributed by atoms with E-state index in [1.807, 2.05) is 37.4 Å². The molecular formula is C38H35F3N6O3. The first-order valence-corrected chi connectivity index (χ1v) is 16.3. The number of amides is 1. The molecule has 1 saturated heterocycles. The summed E-state index contributed by atoms with van der Waals surface area (Å²) in [5.41, 5.74) is 1.99. The molecule has 0 spiro atoms. The molecule has 1 fully saturated rings. The number of carbonyl (C=O) groups excluding carboxylic acids is 2. The van der Waals surface area contributed by atoms with Crippen molar-refractivity contribution in [1.29, 1.82) is 0 Å². The number of aromatic nitrogens is 4. The van der Waals surface area contributed by atoms with E-state index in [4.69, 9.17) is 0 Å². The zero-order valence-corrected chi connectivity index (χ0v) is 27.4. The van der Waals surface area contributed by atoms with Crippen molar-refractivity contribution >= 4 is 28.7 Å². The number of fused-ring (bicyclic) bond motifs is 1. The Kier molecular flexibility index (Phi) is 10.6. The van der Waals surface area contributed by atoms with Gasteiger partial charge in [-0.05, 0) is 92.5 Å². The normalized spacial score (nSPS) is 14.0. The predicted octanol–water partition coefficient (Wildman–Crippen LogP) is 5.74. The summed E-state index contributed by atoms with van der Waals surface area (Å²) < 4.78 is 42.9. The third kappa shape index (κ3) is 8.38. The minimum Gasteiger partial charge on any atom is -0.349 e. The highest BCUT2D eigenvalue weighted by molar-refractivity contribution is 5.95. The number of ketones is 1. The zero-order chi connectivity index (χ0) is 35.2. The molecule has 3 aromatic carbocycles. The van der Waals surface area contributed by atoms with Crippen LogP contribution >= 0.6 is 0 Å². The van der Waals surface area contributed by atoms with Gasteiger partial charge in [-0.1, -0.05) is 30.4 Å². The van der Waals surface area contributed by atoms with Crippen molar-refractivity contribution in [3.05, 3.63) is 141 Å². The van der Waals surface area contributed by atoms with Crippen LogP contribution < -0.4 is 10.9 Å². The molecule has 5 aromatic rings. The van der Waals surface area contributed by atoms with Gasteiger partial charge in [-0.2, -0.15) is 0 Å². The highest BCUT2D eigenvalue weighted by Crippen LogP contribution is 2.19. The summed E-state index contributed by atoms with van der Waals surface area (Å²) in [4.78, 5) is 53.6. The molecule has 0 bridgehead atoms. The molecule has 1 aliphatic rings. The van der Waals surface area contributed by atoms with Gasteiger partial charge in [0, 0.05) is 36.7 Å². The third-order valence-corrected chi connectivity index (χ3v) is 8.73. The van der Waals surface area contributed by atoms with Crippen LogP contribution in [0.5, 0.6) is 0 Å². The van der Waals surface area contributed by atoms with Crippen molar-refractivity contribution in [3.8, 4) is 0 Å². The third-order valence-electron chi connectivity index (χ3n) is 8.73. The van der Waals surface area contributed by atoms with Crippen LogP contribution in [0.15, 0.2) is 84.2 Å². The highest BCUT2D eigenvalue weighted by atomic mass is 19.2. The van der Waals surface area contributed by atoms with Gasteiger partial charge in [0.1, 0.15) is 17.2 Å². The minimum atomic E-state index is -1.02. The number of allylic oxidation sites excluding steroid dienone is 1. The van der Waals surface area contributed by atoms with Crippen molar-refractivity contribution < 1.29 is 22.8 Å². The number of piperidine rings is 1. The van der Waals surface area contributed by atoms with E-state index in [9.17, 15) is 27.6 Å². The molecule has 1 amide bonds. The Labute approximate surface area is 286 Å². The number of hydrogen-bond donors (Lipinski definition) is 1. The summed E-state index contributed by atoms with van der Waals surface area (Å²) in [6, 6.07) is 13.6. The maximum Gasteiger partial charge on any atom is 0.264 e. The number of hydrogen-bond acceptors (Lipinski definition) is 7. The first-order valence-electron chi connectivity index (χ1n) is 16.3. The molecule has 6 rings (SSSR count). The number of rotatable bonds is 11. The lowest BCUT2D eigenvalue weighted by Crippen LogP contribution is -2.43. The standard InChI is InChI=1S/C38H35F3N6O3/c1-46-14-12-28(13-15-46)44-37(49)29-9-6-25(17-32(29)40)19-36-43-20-27-16-24(8-11-34(27)45-36)4-2-3-5-35(48)30-21-42-23-47(38(30)50)22-26-7-10-31(39)33(41)18-26/h2,4,6-11,16-18,20-21,23,28H,3,5,12-15,19,22H2,1H3,(H,44,49)/b4-2+. The van der Waals surface area contributed by atoms with Gasteiger partial charge < -0.3 is 10.2 Å². The van der Waals surface area contributed by atoms with Crippen molar-refractivity contribution in [2.75, 3.05) is 20.1 Å². The summed E-state index contributed by atoms with van der Waals surface area (Å²) in [5, 5.41) is 3.75. The van der Waals surface area contributed by atoms with Crippen LogP contribution in [-0.4, -0.2) is 62.3 Å². The summed E-state index contributed by atoms with van der Waals surface area (Å²) in [6.07, 6.45) is 10.3. The number of Topliss-reactive ketones (excluding diaryl/α,β-unsaturated/α-hetero) is 1. The molecule has 0 atom stereocenters. The van der Waals surface area contributed by atoms with Gasteiger partial charge in [-0.3, -0.25) is 19.0 Å². The van der Waals surface area contributed by atoms with Crippen LogP contribution in [0, 0.1) is 17.5 Å². The van der Waals surface area contributed by atoms with E-state index in [0.29, 0.717) is 35.3 Å². The van der Waals surface area contributed by atoms with Gasteiger partial charge in [-0.15, -0.1) is 0 Å². The van der Waals surface area contributed by atoms with Gasteiger partial charge in [0.15, 0.2) is 17.4 Å². The van der Waals surface area contributed by atoms with Crippen molar-refractivity contribution in [3.63, 3.8) is 0 Å². The van der Waals surface area contributed by atoms with Crippen LogP contribution in [0.2, 0.25) is 0 Å². The van der Waals surface area contributed by atoms with E-state index in [0.717, 1.165) is 49.0 Å². The number of nitrogens with one attached hydrogen (secondary N) is 1. The second kappa shape index (κ2) is 15.4. The molecule has 0 unspecified atom stereocenters.